The van der Waals surface area contributed by atoms with Gasteiger partial charge in [-0.15, -0.1) is 0 Å². The zero-order valence-electron chi connectivity index (χ0n) is 14.9. The first kappa shape index (κ1) is 18.3. The SMILES string of the molecule is CCc1cc(=O)oc2cc(C)cc(OCC(=O)c3cccc([N+](=O)[O-])c3)c12. The molecule has 2 aromatic carbocycles. The van der Waals surface area contributed by atoms with Crippen molar-refractivity contribution in [3.05, 3.63) is 79.7 Å². The minimum Gasteiger partial charge on any atom is -0.485 e. The van der Waals surface area contributed by atoms with Crippen molar-refractivity contribution in [2.45, 2.75) is 20.3 Å². The molecule has 3 rings (SSSR count). The van der Waals surface area contributed by atoms with Gasteiger partial charge in [-0.05, 0) is 36.6 Å². The summed E-state index contributed by atoms with van der Waals surface area (Å²) in [5, 5.41) is 11.5. The lowest BCUT2D eigenvalue weighted by Gasteiger charge is -2.12. The van der Waals surface area contributed by atoms with E-state index in [0.29, 0.717) is 23.1 Å². The molecule has 0 bridgehead atoms. The highest BCUT2D eigenvalue weighted by Gasteiger charge is 2.15. The molecule has 0 saturated carbocycles. The molecular weight excluding hydrogens is 350 g/mol. The first-order chi connectivity index (χ1) is 12.9. The number of rotatable bonds is 6. The number of nitrogens with zero attached hydrogens (tertiary/aromatic N) is 1. The molecule has 0 fully saturated rings. The summed E-state index contributed by atoms with van der Waals surface area (Å²) in [7, 11) is 0. The van der Waals surface area contributed by atoms with Crippen LogP contribution >= 0.6 is 0 Å². The zero-order valence-corrected chi connectivity index (χ0v) is 14.9. The smallest absolute Gasteiger partial charge is 0.336 e. The maximum absolute atomic E-state index is 12.4. The normalized spacial score (nSPS) is 10.7. The van der Waals surface area contributed by atoms with E-state index in [9.17, 15) is 19.7 Å². The van der Waals surface area contributed by atoms with Crippen LogP contribution in [0.15, 0.2) is 51.7 Å². The lowest BCUT2D eigenvalue weighted by Crippen LogP contribution is -2.12. The van der Waals surface area contributed by atoms with Crippen LogP contribution in [0.3, 0.4) is 0 Å². The fourth-order valence-electron chi connectivity index (χ4n) is 2.88. The van der Waals surface area contributed by atoms with E-state index in [4.69, 9.17) is 9.15 Å². The van der Waals surface area contributed by atoms with E-state index < -0.39 is 10.5 Å². The molecule has 0 aliphatic rings. The number of hydrogen-bond acceptors (Lipinski definition) is 6. The molecule has 7 heteroatoms. The topological polar surface area (TPSA) is 99.7 Å². The molecule has 27 heavy (non-hydrogen) atoms. The molecule has 0 aliphatic carbocycles. The van der Waals surface area contributed by atoms with Crippen LogP contribution in [0.2, 0.25) is 0 Å². The van der Waals surface area contributed by atoms with Crippen LogP contribution in [0.25, 0.3) is 11.0 Å². The molecule has 3 aromatic rings. The Morgan fingerprint density at radius 1 is 1.22 bits per heavy atom. The fourth-order valence-corrected chi connectivity index (χ4v) is 2.88. The Kier molecular flexibility index (Phi) is 5.03. The monoisotopic (exact) mass is 367 g/mol. The standard InChI is InChI=1S/C20H17NO6/c1-3-13-10-19(23)27-18-8-12(2)7-17(20(13)18)26-11-16(22)14-5-4-6-15(9-14)21(24)25/h4-10H,3,11H2,1-2H3. The summed E-state index contributed by atoms with van der Waals surface area (Å²) in [5.74, 6) is 0.0492. The van der Waals surface area contributed by atoms with Gasteiger partial charge >= 0.3 is 5.63 Å². The molecule has 7 nitrogen and oxygen atoms in total. The van der Waals surface area contributed by atoms with Crippen molar-refractivity contribution in [1.29, 1.82) is 0 Å². The average molecular weight is 367 g/mol. The number of carbonyl (C=O) groups is 1. The Balaban J connectivity index is 1.93. The number of nitro benzene ring substituents is 1. The first-order valence-electron chi connectivity index (χ1n) is 8.37. The number of ketones is 1. The van der Waals surface area contributed by atoms with Gasteiger partial charge in [-0.25, -0.2) is 4.79 Å². The molecule has 0 aliphatic heterocycles. The van der Waals surface area contributed by atoms with Crippen molar-refractivity contribution in [3.8, 4) is 5.75 Å². The molecule has 0 unspecified atom stereocenters. The van der Waals surface area contributed by atoms with Gasteiger partial charge in [0.25, 0.3) is 5.69 Å². The number of benzene rings is 2. The minimum atomic E-state index is -0.554. The number of Topliss-reactive ketones (excluding diaryl/α,β-unsaturated/α-hetero) is 1. The second-order valence-corrected chi connectivity index (χ2v) is 6.10. The van der Waals surface area contributed by atoms with Crippen LogP contribution < -0.4 is 10.4 Å². The molecular formula is C20H17NO6. The quantitative estimate of drug-likeness (QED) is 0.284. The second kappa shape index (κ2) is 7.41. The van der Waals surface area contributed by atoms with Gasteiger partial charge in [-0.1, -0.05) is 19.1 Å². The molecule has 0 N–H and O–H groups in total. The average Bonchev–Trinajstić information content (AvgIpc) is 2.64. The molecule has 138 valence electrons. The van der Waals surface area contributed by atoms with Gasteiger partial charge in [0.15, 0.2) is 12.4 Å². The third-order valence-electron chi connectivity index (χ3n) is 4.15. The van der Waals surface area contributed by atoms with Crippen molar-refractivity contribution in [1.82, 2.24) is 0 Å². The van der Waals surface area contributed by atoms with Gasteiger partial charge in [-0.3, -0.25) is 14.9 Å². The van der Waals surface area contributed by atoms with Crippen LogP contribution in [0.4, 0.5) is 5.69 Å². The predicted octanol–water partition coefficient (Wildman–Crippen LogP) is 3.83. The summed E-state index contributed by atoms with van der Waals surface area (Å²) in [6.07, 6.45) is 0.598. The predicted molar refractivity (Wildman–Crippen MR) is 99.5 cm³/mol. The number of aryl methyl sites for hydroxylation is 2. The highest BCUT2D eigenvalue weighted by Crippen LogP contribution is 2.30. The Morgan fingerprint density at radius 2 is 2.00 bits per heavy atom. The van der Waals surface area contributed by atoms with Crippen LogP contribution in [-0.4, -0.2) is 17.3 Å². The number of fused-ring (bicyclic) bond motifs is 1. The van der Waals surface area contributed by atoms with Gasteiger partial charge in [0.1, 0.15) is 11.3 Å². The van der Waals surface area contributed by atoms with E-state index in [-0.39, 0.29) is 23.6 Å². The van der Waals surface area contributed by atoms with Crippen LogP contribution in [0.5, 0.6) is 5.75 Å². The van der Waals surface area contributed by atoms with E-state index in [1.807, 2.05) is 13.8 Å². The maximum atomic E-state index is 12.4. The summed E-state index contributed by atoms with van der Waals surface area (Å²) >= 11 is 0. The first-order valence-corrected chi connectivity index (χ1v) is 8.37. The summed E-state index contributed by atoms with van der Waals surface area (Å²) in [6.45, 7) is 3.45. The Hall–Kier alpha value is -3.48. The van der Waals surface area contributed by atoms with E-state index in [0.717, 1.165) is 11.1 Å². The lowest BCUT2D eigenvalue weighted by atomic mass is 10.0. The van der Waals surface area contributed by atoms with Crippen molar-refractivity contribution in [2.75, 3.05) is 6.61 Å². The summed E-state index contributed by atoms with van der Waals surface area (Å²) < 4.78 is 11.0. The lowest BCUT2D eigenvalue weighted by molar-refractivity contribution is -0.384. The van der Waals surface area contributed by atoms with E-state index in [1.165, 1.54) is 30.3 Å². The highest BCUT2D eigenvalue weighted by molar-refractivity contribution is 5.98. The Morgan fingerprint density at radius 3 is 2.70 bits per heavy atom. The maximum Gasteiger partial charge on any atom is 0.336 e. The van der Waals surface area contributed by atoms with Gasteiger partial charge < -0.3 is 9.15 Å². The van der Waals surface area contributed by atoms with Crippen molar-refractivity contribution < 1.29 is 18.9 Å². The molecule has 0 spiro atoms. The van der Waals surface area contributed by atoms with Crippen LogP contribution in [0.1, 0.15) is 28.4 Å². The summed E-state index contributed by atoms with van der Waals surface area (Å²) in [4.78, 5) is 34.4. The van der Waals surface area contributed by atoms with Crippen LogP contribution in [-0.2, 0) is 6.42 Å². The number of nitro groups is 1. The zero-order chi connectivity index (χ0) is 19.6. The molecule has 1 aromatic heterocycles. The highest BCUT2D eigenvalue weighted by atomic mass is 16.6. The molecule has 0 radical (unpaired) electrons. The van der Waals surface area contributed by atoms with Crippen LogP contribution in [0, 0.1) is 17.0 Å². The molecule has 0 saturated heterocycles. The number of non-ortho nitro benzene ring substituents is 1. The Bertz CT molecular complexity index is 1100. The number of carbonyl (C=O) groups excluding carboxylic acids is 1. The fraction of sp³-hybridized carbons (Fsp3) is 0.200. The minimum absolute atomic E-state index is 0.156. The summed E-state index contributed by atoms with van der Waals surface area (Å²) in [5.41, 5.74) is 1.58. The van der Waals surface area contributed by atoms with Crippen molar-refractivity contribution in [2.24, 2.45) is 0 Å². The Labute approximate surface area is 154 Å². The number of hydrogen-bond donors (Lipinski definition) is 0. The summed E-state index contributed by atoms with van der Waals surface area (Å²) in [6, 6.07) is 10.4. The van der Waals surface area contributed by atoms with Crippen molar-refractivity contribution >= 4 is 22.4 Å². The largest absolute Gasteiger partial charge is 0.485 e. The van der Waals surface area contributed by atoms with E-state index in [1.54, 1.807) is 12.1 Å². The van der Waals surface area contributed by atoms with Gasteiger partial charge in [-0.2, -0.15) is 0 Å². The molecule has 1 heterocycles. The molecule has 0 atom stereocenters. The second-order valence-electron chi connectivity index (χ2n) is 6.10. The van der Waals surface area contributed by atoms with E-state index >= 15 is 0 Å². The number of ether oxygens (including phenoxy) is 1. The third kappa shape index (κ3) is 3.87. The molecule has 0 amide bonds. The van der Waals surface area contributed by atoms with Gasteiger partial charge in [0.05, 0.1) is 10.3 Å². The van der Waals surface area contributed by atoms with Gasteiger partial charge in [0, 0.05) is 23.8 Å². The van der Waals surface area contributed by atoms with Gasteiger partial charge in [0.2, 0.25) is 0 Å². The van der Waals surface area contributed by atoms with Crippen molar-refractivity contribution in [3.63, 3.8) is 0 Å². The third-order valence-corrected chi connectivity index (χ3v) is 4.15. The van der Waals surface area contributed by atoms with E-state index in [2.05, 4.69) is 0 Å².